The van der Waals surface area contributed by atoms with Crippen LogP contribution in [0.2, 0.25) is 0 Å². The third kappa shape index (κ3) is 11.3. The second-order valence-electron chi connectivity index (χ2n) is 5.49. The Bertz CT molecular complexity index is 817. The summed E-state index contributed by atoms with van der Waals surface area (Å²) >= 11 is 4.40. The first kappa shape index (κ1) is 27.3. The van der Waals surface area contributed by atoms with Gasteiger partial charge in [0.15, 0.2) is 0 Å². The lowest BCUT2D eigenvalue weighted by Crippen LogP contribution is -2.13. The first-order valence-electron chi connectivity index (χ1n) is 9.08. The van der Waals surface area contributed by atoms with Gasteiger partial charge in [0.05, 0.1) is 13.3 Å². The maximum absolute atomic E-state index is 10.7. The van der Waals surface area contributed by atoms with Crippen LogP contribution >= 0.6 is 12.6 Å². The van der Waals surface area contributed by atoms with Crippen molar-refractivity contribution in [2.45, 2.75) is 18.0 Å². The number of rotatable bonds is 6. The number of nitrogens with zero attached hydrogens (tertiary/aromatic N) is 1. The third-order valence-corrected chi connectivity index (χ3v) is 4.03. The number of aldehydes is 1. The smallest absolute Gasteiger partial charge is 0.150 e. The quantitative estimate of drug-likeness (QED) is 0.354. The summed E-state index contributed by atoms with van der Waals surface area (Å²) in [5.41, 5.74) is 2.99. The molecule has 0 fully saturated rings. The molecule has 3 N–H and O–H groups in total. The molecule has 0 bridgehead atoms. The first-order chi connectivity index (χ1) is 14.7. The number of pyridine rings is 1. The normalized spacial score (nSPS) is 8.87. The second-order valence-corrected chi connectivity index (χ2v) is 5.97. The number of methoxy groups -OCH3 is 1. The fourth-order valence-corrected chi connectivity index (χ4v) is 2.49. The van der Waals surface area contributed by atoms with E-state index in [2.05, 4.69) is 29.0 Å². The molecule has 1 heterocycles. The zero-order valence-corrected chi connectivity index (χ0v) is 18.4. The van der Waals surface area contributed by atoms with Crippen LogP contribution in [0.3, 0.4) is 0 Å². The predicted octanol–water partition coefficient (Wildman–Crippen LogP) is 3.38. The van der Waals surface area contributed by atoms with E-state index in [9.17, 15) is 4.79 Å². The van der Waals surface area contributed by atoms with E-state index in [0.717, 1.165) is 49.8 Å². The van der Waals surface area contributed by atoms with Crippen molar-refractivity contribution in [2.75, 3.05) is 21.3 Å². The average Bonchev–Trinajstić information content (AvgIpc) is 2.84. The molecule has 1 aromatic heterocycles. The summed E-state index contributed by atoms with van der Waals surface area (Å²) < 4.78 is 4.85. The van der Waals surface area contributed by atoms with Gasteiger partial charge in [-0.05, 0) is 35.4 Å². The highest BCUT2D eigenvalue weighted by atomic mass is 32.1. The summed E-state index contributed by atoms with van der Waals surface area (Å²) in [5.74, 6) is 0.799. The average molecular weight is 431 g/mol. The van der Waals surface area contributed by atoms with Gasteiger partial charge in [0.1, 0.15) is 12.0 Å². The van der Waals surface area contributed by atoms with Gasteiger partial charge >= 0.3 is 0 Å². The Morgan fingerprint density at radius 2 is 1.73 bits per heavy atom. The molecule has 0 atom stereocenters. The Morgan fingerprint density at radius 3 is 2.30 bits per heavy atom. The van der Waals surface area contributed by atoms with E-state index in [1.807, 2.05) is 48.5 Å². The second kappa shape index (κ2) is 18.3. The summed E-state index contributed by atoms with van der Waals surface area (Å²) in [7, 11) is 3.62. The zero-order valence-electron chi connectivity index (χ0n) is 17.5. The van der Waals surface area contributed by atoms with Crippen molar-refractivity contribution < 1.29 is 19.7 Å². The number of thiol groups is 1. The van der Waals surface area contributed by atoms with Crippen molar-refractivity contribution in [3.8, 4) is 5.75 Å². The molecule has 3 rings (SSSR count). The lowest BCUT2D eigenvalue weighted by molar-refractivity contribution is 0.112. The first-order valence-corrected chi connectivity index (χ1v) is 9.53. The minimum atomic E-state index is 0.712. The maximum Gasteiger partial charge on any atom is 0.150 e. The Kier molecular flexibility index (Phi) is 16.7. The molecule has 0 saturated heterocycles. The van der Waals surface area contributed by atoms with Gasteiger partial charge in [-0.2, -0.15) is 0 Å². The van der Waals surface area contributed by atoms with Gasteiger partial charge < -0.3 is 20.3 Å². The highest BCUT2D eigenvalue weighted by Gasteiger charge is 1.98. The molecule has 30 heavy (non-hydrogen) atoms. The van der Waals surface area contributed by atoms with Gasteiger partial charge in [0.2, 0.25) is 0 Å². The predicted molar refractivity (Wildman–Crippen MR) is 123 cm³/mol. The molecule has 7 heteroatoms. The fourth-order valence-electron chi connectivity index (χ4n) is 2.25. The molecule has 6 nitrogen and oxygen atoms in total. The van der Waals surface area contributed by atoms with Crippen LogP contribution in [0.4, 0.5) is 0 Å². The number of nitrogens with one attached hydrogen (secondary N) is 1. The summed E-state index contributed by atoms with van der Waals surface area (Å²) in [4.78, 5) is 15.5. The molecule has 0 aliphatic rings. The molecule has 0 aliphatic heterocycles. The molecular weight excluding hydrogens is 400 g/mol. The summed E-state index contributed by atoms with van der Waals surface area (Å²) in [6.45, 7) is 1.51. The maximum atomic E-state index is 10.7. The van der Waals surface area contributed by atoms with Gasteiger partial charge in [-0.1, -0.05) is 36.4 Å². The third-order valence-electron chi connectivity index (χ3n) is 3.59. The molecule has 0 spiro atoms. The minimum absolute atomic E-state index is 0.712. The Hall–Kier alpha value is -2.71. The van der Waals surface area contributed by atoms with Crippen LogP contribution in [0.25, 0.3) is 0 Å². The number of hydrogen-bond donors (Lipinski definition) is 4. The molecular formula is C23H30N2O4S. The fraction of sp³-hybridized carbons (Fsp3) is 0.217. The van der Waals surface area contributed by atoms with Crippen molar-refractivity contribution in [2.24, 2.45) is 0 Å². The van der Waals surface area contributed by atoms with Crippen LogP contribution in [0, 0.1) is 0 Å². The van der Waals surface area contributed by atoms with Crippen LogP contribution in [-0.4, -0.2) is 42.8 Å². The number of aliphatic hydroxyl groups is 2. The van der Waals surface area contributed by atoms with Crippen molar-refractivity contribution in [1.82, 2.24) is 10.3 Å². The lowest BCUT2D eigenvalue weighted by Gasteiger charge is -2.07. The van der Waals surface area contributed by atoms with Gasteiger partial charge in [-0.25, -0.2) is 0 Å². The van der Waals surface area contributed by atoms with E-state index in [4.69, 9.17) is 14.9 Å². The molecule has 0 saturated carbocycles. The monoisotopic (exact) mass is 430 g/mol. The molecule has 0 unspecified atom stereocenters. The summed E-state index contributed by atoms with van der Waals surface area (Å²) in [6, 6.07) is 19.3. The highest BCUT2D eigenvalue weighted by molar-refractivity contribution is 7.80. The van der Waals surface area contributed by atoms with E-state index in [-0.39, 0.29) is 0 Å². The van der Waals surface area contributed by atoms with Crippen LogP contribution in [0.5, 0.6) is 5.75 Å². The van der Waals surface area contributed by atoms with Crippen LogP contribution < -0.4 is 10.1 Å². The lowest BCUT2D eigenvalue weighted by atomic mass is 10.1. The van der Waals surface area contributed by atoms with Crippen molar-refractivity contribution >= 4 is 18.9 Å². The Balaban J connectivity index is 0.000000585. The SMILES string of the molecule is CO.CO.COc1cccnc1.O=Cc1cccc(CNCc2ccccc2S)c1. The van der Waals surface area contributed by atoms with Gasteiger partial charge in [0, 0.05) is 44.0 Å². The number of carbonyl (C=O) groups excluding carboxylic acids is 1. The van der Waals surface area contributed by atoms with E-state index >= 15 is 0 Å². The van der Waals surface area contributed by atoms with Crippen molar-refractivity contribution in [3.63, 3.8) is 0 Å². The highest BCUT2D eigenvalue weighted by Crippen LogP contribution is 2.12. The molecule has 2 aromatic carbocycles. The topological polar surface area (TPSA) is 91.7 Å². The molecule has 0 amide bonds. The summed E-state index contributed by atoms with van der Waals surface area (Å²) in [6.07, 6.45) is 4.25. The number of aromatic nitrogens is 1. The molecule has 162 valence electrons. The molecule has 0 radical (unpaired) electrons. The van der Waals surface area contributed by atoms with E-state index < -0.39 is 0 Å². The van der Waals surface area contributed by atoms with Gasteiger partial charge in [-0.15, -0.1) is 12.6 Å². The Morgan fingerprint density at radius 1 is 1.00 bits per heavy atom. The number of benzene rings is 2. The van der Waals surface area contributed by atoms with Crippen molar-refractivity contribution in [1.29, 1.82) is 0 Å². The van der Waals surface area contributed by atoms with E-state index in [1.165, 1.54) is 5.56 Å². The minimum Gasteiger partial charge on any atom is -0.495 e. The number of hydrogen-bond acceptors (Lipinski definition) is 7. The molecule has 0 aliphatic carbocycles. The van der Waals surface area contributed by atoms with Gasteiger partial charge in [-0.3, -0.25) is 9.78 Å². The van der Waals surface area contributed by atoms with Crippen LogP contribution in [0.15, 0.2) is 78.0 Å². The van der Waals surface area contributed by atoms with Crippen LogP contribution in [0.1, 0.15) is 21.5 Å². The van der Waals surface area contributed by atoms with Crippen molar-refractivity contribution in [3.05, 3.63) is 89.7 Å². The van der Waals surface area contributed by atoms with E-state index in [1.54, 1.807) is 25.6 Å². The number of carbonyl (C=O) groups is 1. The van der Waals surface area contributed by atoms with E-state index in [0.29, 0.717) is 5.56 Å². The largest absolute Gasteiger partial charge is 0.495 e. The standard InChI is InChI=1S/C15H15NOS.C6H7NO.2CH4O/c17-11-13-5-3-4-12(8-13)9-16-10-14-6-1-2-7-15(14)18;1-8-6-3-2-4-7-5-6;2*1-2/h1-8,11,16,18H,9-10H2;2-5H,1H3;2*2H,1H3. The summed E-state index contributed by atoms with van der Waals surface area (Å²) in [5, 5.41) is 17.3. The van der Waals surface area contributed by atoms with Gasteiger partial charge in [0.25, 0.3) is 0 Å². The number of aliphatic hydroxyl groups excluding tert-OH is 2. The van der Waals surface area contributed by atoms with Crippen LogP contribution in [-0.2, 0) is 13.1 Å². The molecule has 3 aromatic rings. The zero-order chi connectivity index (χ0) is 22.6. The Labute approximate surface area is 184 Å². The number of ether oxygens (including phenoxy) is 1.